The van der Waals surface area contributed by atoms with Crippen LogP contribution in [0, 0.1) is 35.5 Å². The van der Waals surface area contributed by atoms with Gasteiger partial charge in [0.25, 0.3) is 11.7 Å². The molecule has 4 heterocycles. The number of aliphatic hydroxyl groups is 3. The number of aromatic hydroxyl groups is 2. The molecule has 2 aliphatic carbocycles. The molecule has 6 N–H and O–H groups in total. The van der Waals surface area contributed by atoms with Crippen molar-refractivity contribution >= 4 is 35.1 Å². The van der Waals surface area contributed by atoms with Crippen LogP contribution in [-0.2, 0) is 28.5 Å². The van der Waals surface area contributed by atoms with E-state index in [-0.39, 0.29) is 28.0 Å². The van der Waals surface area contributed by atoms with Crippen LogP contribution in [0.5, 0.6) is 11.5 Å². The molecule has 1 saturated heterocycles. The summed E-state index contributed by atoms with van der Waals surface area (Å²) >= 11 is 0. The van der Waals surface area contributed by atoms with Crippen molar-refractivity contribution in [2.75, 3.05) is 38.6 Å². The maximum Gasteiger partial charge on any atom is 0.302 e. The second-order valence-corrected chi connectivity index (χ2v) is 17.5. The number of allylic oxidation sites excluding steroid dienone is 2. The standard InChI is InChI=1S/C47H62N4O12/c1-25-12-11-13-26(2)46(59)49-39-32(24-48-51-21-19-50(20-22-51)31-14-9-10-15-31)42(56)38-36(43(39)57)33(53)16-17-35-37(38)45(58)47(7,63-35)61-23-18-34(60-8)27(3)44(62-30(6)52)29(5)41(55)28(4)40(25)54/h11-13,18,23-25,27-29,31,34-35,40-41,44,54-58H,9-10,14-15,19-22H2,1-8H3,(H,49,59)/b12-11+,23-18+,26-13-,48-24+/t25-,27+,28+,29+,34?,35?,40-,41?,44?,47-/m0/s1. The van der Waals surface area contributed by atoms with Crippen molar-refractivity contribution < 1.29 is 58.9 Å². The number of aliphatic hydroxyl groups excluding tert-OH is 3. The number of nitrogens with one attached hydrogen (secondary N) is 1. The van der Waals surface area contributed by atoms with Gasteiger partial charge >= 0.3 is 5.97 Å². The minimum atomic E-state index is -1.95. The molecule has 10 atom stereocenters. The van der Waals surface area contributed by atoms with Gasteiger partial charge in [-0.1, -0.05) is 64.7 Å². The fraction of sp³-hybridized carbons (Fsp3) is 0.574. The van der Waals surface area contributed by atoms with Gasteiger partial charge in [0.2, 0.25) is 5.78 Å². The van der Waals surface area contributed by atoms with Crippen LogP contribution >= 0.6 is 0 Å². The molecular weight excluding hydrogens is 813 g/mol. The lowest BCUT2D eigenvalue weighted by Crippen LogP contribution is -2.47. The molecule has 4 unspecified atom stereocenters. The summed E-state index contributed by atoms with van der Waals surface area (Å²) in [6, 6.07) is 0.547. The Labute approximate surface area is 368 Å². The quantitative estimate of drug-likeness (QED) is 0.0587. The molecule has 2 fully saturated rings. The molecule has 1 saturated carbocycles. The highest BCUT2D eigenvalue weighted by atomic mass is 16.7. The number of hydrogen-bond donors (Lipinski definition) is 6. The number of hydrogen-bond acceptors (Lipinski definition) is 15. The topological polar surface area (TPSA) is 220 Å². The van der Waals surface area contributed by atoms with Gasteiger partial charge in [-0.15, -0.1) is 0 Å². The monoisotopic (exact) mass is 874 g/mol. The fourth-order valence-corrected chi connectivity index (χ4v) is 9.33. The zero-order chi connectivity index (χ0) is 45.9. The van der Waals surface area contributed by atoms with E-state index in [1.54, 1.807) is 39.8 Å². The molecule has 16 heteroatoms. The summed E-state index contributed by atoms with van der Waals surface area (Å²) < 4.78 is 23.7. The molecule has 0 spiro atoms. The lowest BCUT2D eigenvalue weighted by molar-refractivity contribution is -0.175. The van der Waals surface area contributed by atoms with Crippen LogP contribution in [-0.4, -0.2) is 135 Å². The highest BCUT2D eigenvalue weighted by Crippen LogP contribution is 2.51. The third-order valence-electron chi connectivity index (χ3n) is 13.3. The van der Waals surface area contributed by atoms with Gasteiger partial charge in [-0.05, 0) is 31.8 Å². The molecule has 16 nitrogen and oxygen atoms in total. The molecule has 7 rings (SSSR count). The molecule has 5 bridgehead atoms. The molecule has 0 radical (unpaired) electrons. The van der Waals surface area contributed by atoms with Crippen molar-refractivity contribution in [2.24, 2.45) is 28.8 Å². The van der Waals surface area contributed by atoms with Gasteiger partial charge in [-0.3, -0.25) is 24.3 Å². The zero-order valence-corrected chi connectivity index (χ0v) is 37.3. The number of esters is 1. The van der Waals surface area contributed by atoms with Crippen LogP contribution in [0.4, 0.5) is 5.69 Å². The van der Waals surface area contributed by atoms with Gasteiger partial charge in [0.05, 0.1) is 47.6 Å². The molecule has 1 aromatic carbocycles. The fourth-order valence-electron chi connectivity index (χ4n) is 9.33. The number of fused-ring (bicyclic) bond motifs is 14. The van der Waals surface area contributed by atoms with Crippen LogP contribution < -0.4 is 5.32 Å². The Morgan fingerprint density at radius 3 is 2.30 bits per heavy atom. The van der Waals surface area contributed by atoms with E-state index >= 15 is 0 Å². The van der Waals surface area contributed by atoms with Crippen LogP contribution in [0.15, 0.2) is 47.0 Å². The Kier molecular flexibility index (Phi) is 14.8. The van der Waals surface area contributed by atoms with E-state index in [9.17, 15) is 39.9 Å². The van der Waals surface area contributed by atoms with Gasteiger partial charge in [0, 0.05) is 93.6 Å². The normalized spacial score (nSPS) is 34.4. The SMILES string of the molecule is COC1/C=C/O[C@@]2(C)OC3C#CC(=O)c4c(O)c(c(/C=N/N5CCN(C6CCCC6)CC5)c(O)c4C3=C2O)NC(=O)/C(C)=C\C=C\[C@H](C)[C@H](O)[C@@H](C)C(O)[C@@H](C)C(OC(C)=O)[C@@H]1C. The molecule has 1 amide bonds. The number of amides is 1. The number of anilines is 1. The second-order valence-electron chi connectivity index (χ2n) is 17.5. The number of carbonyl (C=O) groups excluding carboxylic acids is 3. The summed E-state index contributed by atoms with van der Waals surface area (Å²) in [5, 5.41) is 68.2. The predicted octanol–water partition coefficient (Wildman–Crippen LogP) is 4.77. The first-order chi connectivity index (χ1) is 29.9. The molecule has 6 aliphatic rings. The lowest BCUT2D eigenvalue weighted by atomic mass is 9.78. The summed E-state index contributed by atoms with van der Waals surface area (Å²) in [5.41, 5.74) is -1.19. The van der Waals surface area contributed by atoms with Gasteiger partial charge in [0.15, 0.2) is 17.6 Å². The Morgan fingerprint density at radius 1 is 0.968 bits per heavy atom. The average Bonchev–Trinajstić information content (AvgIpc) is 3.85. The van der Waals surface area contributed by atoms with E-state index in [2.05, 4.69) is 27.2 Å². The summed E-state index contributed by atoms with van der Waals surface area (Å²) in [6.07, 6.45) is 8.39. The summed E-state index contributed by atoms with van der Waals surface area (Å²) in [5.74, 6) is -3.34. The number of phenolic OH excluding ortho intramolecular Hbond substituents is 2. The summed E-state index contributed by atoms with van der Waals surface area (Å²) in [7, 11) is 1.45. The Morgan fingerprint density at radius 2 is 1.65 bits per heavy atom. The van der Waals surface area contributed by atoms with Gasteiger partial charge < -0.3 is 49.8 Å². The van der Waals surface area contributed by atoms with Crippen molar-refractivity contribution in [3.05, 3.63) is 58.6 Å². The number of carbonyl (C=O) groups is 3. The minimum absolute atomic E-state index is 0.139. The maximum absolute atomic E-state index is 13.8. The van der Waals surface area contributed by atoms with Crippen LogP contribution in [0.2, 0.25) is 0 Å². The number of benzene rings is 1. The second kappa shape index (κ2) is 19.7. The average molecular weight is 875 g/mol. The first-order valence-corrected chi connectivity index (χ1v) is 21.8. The first-order valence-electron chi connectivity index (χ1n) is 21.8. The van der Waals surface area contributed by atoms with Gasteiger partial charge in [0.1, 0.15) is 11.9 Å². The first kappa shape index (κ1) is 47.3. The maximum atomic E-state index is 13.8. The molecular formula is C47H62N4O12. The van der Waals surface area contributed by atoms with E-state index < -0.39 is 100 Å². The molecule has 0 aromatic heterocycles. The van der Waals surface area contributed by atoms with Crippen molar-refractivity contribution in [1.29, 1.82) is 0 Å². The number of ketones is 1. The van der Waals surface area contributed by atoms with Crippen molar-refractivity contribution in [3.63, 3.8) is 0 Å². The third-order valence-corrected chi connectivity index (χ3v) is 13.3. The van der Waals surface area contributed by atoms with Crippen molar-refractivity contribution in [3.8, 4) is 23.3 Å². The highest BCUT2D eigenvalue weighted by molar-refractivity contribution is 6.20. The van der Waals surface area contributed by atoms with Crippen LogP contribution in [0.25, 0.3) is 5.57 Å². The Bertz CT molecular complexity index is 2140. The number of methoxy groups -OCH3 is 1. The smallest absolute Gasteiger partial charge is 0.302 e. The minimum Gasteiger partial charge on any atom is -0.507 e. The van der Waals surface area contributed by atoms with E-state index in [4.69, 9.17) is 18.9 Å². The Hall–Kier alpha value is -5.18. The highest BCUT2D eigenvalue weighted by Gasteiger charge is 2.49. The van der Waals surface area contributed by atoms with Gasteiger partial charge in [-0.2, -0.15) is 5.10 Å². The number of piperazine rings is 1. The van der Waals surface area contributed by atoms with Crippen molar-refractivity contribution in [1.82, 2.24) is 9.91 Å². The third kappa shape index (κ3) is 9.83. The molecule has 4 aliphatic heterocycles. The van der Waals surface area contributed by atoms with E-state index in [0.29, 0.717) is 19.1 Å². The number of ether oxygens (including phenoxy) is 4. The van der Waals surface area contributed by atoms with Crippen LogP contribution in [0.1, 0.15) is 95.6 Å². The number of Topliss-reactive ketones (excluding diaryl/α,β-unsaturated/α-hetero) is 1. The van der Waals surface area contributed by atoms with Crippen LogP contribution in [0.3, 0.4) is 0 Å². The van der Waals surface area contributed by atoms with Crippen molar-refractivity contribution in [2.45, 2.75) is 116 Å². The molecule has 342 valence electrons. The number of rotatable bonds is 5. The number of hydrazone groups is 1. The van der Waals surface area contributed by atoms with E-state index in [1.165, 1.54) is 78.2 Å². The van der Waals surface area contributed by atoms with E-state index in [1.807, 2.05) is 5.01 Å². The largest absolute Gasteiger partial charge is 0.507 e. The number of phenols is 2. The zero-order valence-electron chi connectivity index (χ0n) is 37.3. The molecule has 63 heavy (non-hydrogen) atoms. The summed E-state index contributed by atoms with van der Waals surface area (Å²) in [4.78, 5) is 42.4. The lowest BCUT2D eigenvalue weighted by Gasteiger charge is -2.38. The van der Waals surface area contributed by atoms with Gasteiger partial charge in [-0.25, -0.2) is 0 Å². The Balaban J connectivity index is 1.46. The van der Waals surface area contributed by atoms with E-state index in [0.717, 1.165) is 13.1 Å². The summed E-state index contributed by atoms with van der Waals surface area (Å²) in [6.45, 7) is 13.9. The molecule has 1 aromatic rings. The number of nitrogens with zero attached hydrogens (tertiary/aromatic N) is 3. The predicted molar refractivity (Wildman–Crippen MR) is 234 cm³/mol.